The summed E-state index contributed by atoms with van der Waals surface area (Å²) in [4.78, 5) is 14.5. The summed E-state index contributed by atoms with van der Waals surface area (Å²) in [6.07, 6.45) is 2.10. The Kier molecular flexibility index (Phi) is 5.26. The van der Waals surface area contributed by atoms with Gasteiger partial charge >= 0.3 is 0 Å². The summed E-state index contributed by atoms with van der Waals surface area (Å²) in [7, 11) is -3.20. The standard InChI is InChI=1S/C17H21NO3S2/c1-5-15-11(2)10-16(22-15)17(19)18-12(3)13-6-8-14(9-7-13)23(4,20)21/h6-10,12H,5H2,1-4H3,(H,18,19). The minimum absolute atomic E-state index is 0.0995. The van der Waals surface area contributed by atoms with Crippen LogP contribution in [0.4, 0.5) is 0 Å². The molecular formula is C17H21NO3S2. The second kappa shape index (κ2) is 6.84. The number of thiophene rings is 1. The maximum Gasteiger partial charge on any atom is 0.261 e. The van der Waals surface area contributed by atoms with Gasteiger partial charge < -0.3 is 5.32 Å². The van der Waals surface area contributed by atoms with Crippen LogP contribution in [0.2, 0.25) is 0 Å². The predicted octanol–water partition coefficient (Wildman–Crippen LogP) is 3.51. The fourth-order valence-electron chi connectivity index (χ4n) is 2.34. The second-order valence-electron chi connectivity index (χ2n) is 5.61. The van der Waals surface area contributed by atoms with Crippen LogP contribution in [0.5, 0.6) is 0 Å². The molecule has 1 aromatic heterocycles. The lowest BCUT2D eigenvalue weighted by Gasteiger charge is -2.14. The molecule has 4 nitrogen and oxygen atoms in total. The lowest BCUT2D eigenvalue weighted by Crippen LogP contribution is -2.25. The second-order valence-corrected chi connectivity index (χ2v) is 8.76. The highest BCUT2D eigenvalue weighted by atomic mass is 32.2. The molecule has 2 aromatic rings. The van der Waals surface area contributed by atoms with Crippen molar-refractivity contribution in [1.82, 2.24) is 5.32 Å². The van der Waals surface area contributed by atoms with Crippen LogP contribution in [0.1, 0.15) is 45.6 Å². The van der Waals surface area contributed by atoms with E-state index in [-0.39, 0.29) is 16.8 Å². The first-order valence-corrected chi connectivity index (χ1v) is 10.1. The third kappa shape index (κ3) is 4.20. The van der Waals surface area contributed by atoms with Crippen molar-refractivity contribution >= 4 is 27.1 Å². The van der Waals surface area contributed by atoms with Crippen LogP contribution in [0.25, 0.3) is 0 Å². The quantitative estimate of drug-likeness (QED) is 0.896. The van der Waals surface area contributed by atoms with Gasteiger partial charge in [0.05, 0.1) is 15.8 Å². The van der Waals surface area contributed by atoms with Crippen LogP contribution in [0, 0.1) is 6.92 Å². The largest absolute Gasteiger partial charge is 0.345 e. The number of hydrogen-bond acceptors (Lipinski definition) is 4. The first kappa shape index (κ1) is 17.7. The number of rotatable bonds is 5. The fraction of sp³-hybridized carbons (Fsp3) is 0.353. The molecule has 1 atom stereocenters. The lowest BCUT2D eigenvalue weighted by molar-refractivity contribution is 0.0944. The molecule has 2 rings (SSSR count). The smallest absolute Gasteiger partial charge is 0.261 e. The molecule has 0 aliphatic heterocycles. The Bertz CT molecular complexity index is 805. The molecule has 23 heavy (non-hydrogen) atoms. The van der Waals surface area contributed by atoms with Gasteiger partial charge in [0, 0.05) is 11.1 Å². The predicted molar refractivity (Wildman–Crippen MR) is 93.9 cm³/mol. The summed E-state index contributed by atoms with van der Waals surface area (Å²) in [5, 5.41) is 2.96. The average Bonchev–Trinajstić information content (AvgIpc) is 2.87. The lowest BCUT2D eigenvalue weighted by atomic mass is 10.1. The number of amides is 1. The van der Waals surface area contributed by atoms with E-state index in [2.05, 4.69) is 12.2 Å². The third-order valence-corrected chi connectivity index (χ3v) is 6.23. The van der Waals surface area contributed by atoms with Gasteiger partial charge in [0.1, 0.15) is 0 Å². The van der Waals surface area contributed by atoms with E-state index < -0.39 is 9.84 Å². The number of nitrogens with one attached hydrogen (secondary N) is 1. The van der Waals surface area contributed by atoms with E-state index in [4.69, 9.17) is 0 Å². The van der Waals surface area contributed by atoms with E-state index in [0.717, 1.165) is 17.5 Å². The van der Waals surface area contributed by atoms with Gasteiger partial charge in [0.15, 0.2) is 9.84 Å². The minimum atomic E-state index is -3.20. The van der Waals surface area contributed by atoms with E-state index in [1.54, 1.807) is 24.3 Å². The first-order valence-electron chi connectivity index (χ1n) is 7.42. The Morgan fingerprint density at radius 2 is 1.87 bits per heavy atom. The zero-order valence-corrected chi connectivity index (χ0v) is 15.3. The van der Waals surface area contributed by atoms with Gasteiger partial charge in [0.25, 0.3) is 5.91 Å². The number of carbonyl (C=O) groups excluding carboxylic acids is 1. The van der Waals surface area contributed by atoms with E-state index in [1.165, 1.54) is 22.5 Å². The summed E-state index contributed by atoms with van der Waals surface area (Å²) in [5.74, 6) is -0.0995. The van der Waals surface area contributed by atoms with Crippen molar-refractivity contribution < 1.29 is 13.2 Å². The maximum atomic E-state index is 12.3. The van der Waals surface area contributed by atoms with Crippen molar-refractivity contribution in [3.63, 3.8) is 0 Å². The van der Waals surface area contributed by atoms with Crippen LogP contribution in [0.15, 0.2) is 35.2 Å². The molecule has 0 spiro atoms. The van der Waals surface area contributed by atoms with Gasteiger partial charge in [0.2, 0.25) is 0 Å². The number of sulfone groups is 1. The third-order valence-electron chi connectivity index (χ3n) is 3.72. The van der Waals surface area contributed by atoms with Crippen molar-refractivity contribution in [2.45, 2.75) is 38.1 Å². The summed E-state index contributed by atoms with van der Waals surface area (Å²) < 4.78 is 22.9. The Hall–Kier alpha value is -1.66. The number of carbonyl (C=O) groups is 1. The van der Waals surface area contributed by atoms with Crippen molar-refractivity contribution in [2.75, 3.05) is 6.26 Å². The fourth-order valence-corrected chi connectivity index (χ4v) is 3.99. The highest BCUT2D eigenvalue weighted by molar-refractivity contribution is 7.90. The zero-order valence-electron chi connectivity index (χ0n) is 13.7. The molecule has 6 heteroatoms. The summed E-state index contributed by atoms with van der Waals surface area (Å²) in [5.41, 5.74) is 2.02. The summed E-state index contributed by atoms with van der Waals surface area (Å²) in [6.45, 7) is 5.97. The van der Waals surface area contributed by atoms with E-state index in [0.29, 0.717) is 4.88 Å². The molecule has 1 heterocycles. The van der Waals surface area contributed by atoms with Crippen LogP contribution in [0.3, 0.4) is 0 Å². The molecule has 1 unspecified atom stereocenters. The Morgan fingerprint density at radius 1 is 1.26 bits per heavy atom. The summed E-state index contributed by atoms with van der Waals surface area (Å²) in [6, 6.07) is 8.33. The highest BCUT2D eigenvalue weighted by Crippen LogP contribution is 2.23. The Morgan fingerprint density at radius 3 is 2.35 bits per heavy atom. The molecule has 0 fully saturated rings. The van der Waals surface area contributed by atoms with Gasteiger partial charge in [-0.1, -0.05) is 19.1 Å². The molecule has 1 N–H and O–H groups in total. The van der Waals surface area contributed by atoms with Crippen LogP contribution in [-0.4, -0.2) is 20.6 Å². The topological polar surface area (TPSA) is 63.2 Å². The van der Waals surface area contributed by atoms with Gasteiger partial charge in [-0.05, 0) is 49.6 Å². The van der Waals surface area contributed by atoms with Gasteiger partial charge in [-0.3, -0.25) is 4.79 Å². The maximum absolute atomic E-state index is 12.3. The molecule has 0 aliphatic rings. The average molecular weight is 351 g/mol. The number of benzene rings is 1. The molecule has 1 aromatic carbocycles. The van der Waals surface area contributed by atoms with E-state index in [9.17, 15) is 13.2 Å². The van der Waals surface area contributed by atoms with Gasteiger partial charge in [-0.25, -0.2) is 8.42 Å². The van der Waals surface area contributed by atoms with Crippen molar-refractivity contribution in [3.8, 4) is 0 Å². The zero-order chi connectivity index (χ0) is 17.2. The van der Waals surface area contributed by atoms with E-state index >= 15 is 0 Å². The van der Waals surface area contributed by atoms with Crippen LogP contribution in [-0.2, 0) is 16.3 Å². The Balaban J connectivity index is 2.11. The molecule has 0 saturated heterocycles. The normalized spacial score (nSPS) is 12.9. The molecule has 0 aliphatic carbocycles. The molecule has 124 valence electrons. The molecule has 0 saturated carbocycles. The molecule has 1 amide bonds. The molecular weight excluding hydrogens is 330 g/mol. The molecule has 0 bridgehead atoms. The van der Waals surface area contributed by atoms with Crippen molar-refractivity contribution in [1.29, 1.82) is 0 Å². The SMILES string of the molecule is CCc1sc(C(=O)NC(C)c2ccc(S(C)(=O)=O)cc2)cc1C. The minimum Gasteiger partial charge on any atom is -0.345 e. The van der Waals surface area contributed by atoms with Crippen LogP contribution >= 0.6 is 11.3 Å². The monoisotopic (exact) mass is 351 g/mol. The van der Waals surface area contributed by atoms with E-state index in [1.807, 2.05) is 19.9 Å². The van der Waals surface area contributed by atoms with Crippen LogP contribution < -0.4 is 5.32 Å². The summed E-state index contributed by atoms with van der Waals surface area (Å²) >= 11 is 1.52. The van der Waals surface area contributed by atoms with Crippen molar-refractivity contribution in [2.24, 2.45) is 0 Å². The number of aryl methyl sites for hydroxylation is 2. The Labute approximate surface area is 141 Å². The van der Waals surface area contributed by atoms with Gasteiger partial charge in [-0.15, -0.1) is 11.3 Å². The van der Waals surface area contributed by atoms with Gasteiger partial charge in [-0.2, -0.15) is 0 Å². The first-order chi connectivity index (χ1) is 10.7. The van der Waals surface area contributed by atoms with Crippen molar-refractivity contribution in [3.05, 3.63) is 51.2 Å². The molecule has 0 radical (unpaired) electrons. The number of hydrogen-bond donors (Lipinski definition) is 1. The highest BCUT2D eigenvalue weighted by Gasteiger charge is 2.15.